The summed E-state index contributed by atoms with van der Waals surface area (Å²) in [4.78, 5) is 44.8. The Kier molecular flexibility index (Phi) is 25.3. The van der Waals surface area contributed by atoms with Gasteiger partial charge in [-0.3, -0.25) is 9.36 Å². The van der Waals surface area contributed by atoms with Crippen LogP contribution in [0.2, 0.25) is 0 Å². The Morgan fingerprint density at radius 2 is 1.71 bits per heavy atom. The lowest BCUT2D eigenvalue weighted by Gasteiger charge is -2.27. The Labute approximate surface area is 350 Å². The molecule has 334 valence electrons. The number of carbonyl (C=O) groups excluding carboxylic acids is 3. The molecule has 1 fully saturated rings. The van der Waals surface area contributed by atoms with E-state index in [1.807, 2.05) is 65.0 Å². The highest BCUT2D eigenvalue weighted by Crippen LogP contribution is 2.37. The Balaban J connectivity index is 0.000000633. The van der Waals surface area contributed by atoms with Gasteiger partial charge in [0.1, 0.15) is 30.2 Å². The number of aromatic nitrogens is 4. The van der Waals surface area contributed by atoms with Crippen molar-refractivity contribution in [2.24, 2.45) is 11.7 Å². The lowest BCUT2D eigenvalue weighted by Crippen LogP contribution is -2.38. The van der Waals surface area contributed by atoms with Crippen molar-refractivity contribution in [3.63, 3.8) is 0 Å². The van der Waals surface area contributed by atoms with Gasteiger partial charge in [-0.2, -0.15) is 0 Å². The zero-order valence-electron chi connectivity index (χ0n) is 36.2. The second-order valence-corrected chi connectivity index (χ2v) is 16.3. The Morgan fingerprint density at radius 1 is 1.05 bits per heavy atom. The number of fused-ring (bicyclic) bond motifs is 1. The van der Waals surface area contributed by atoms with E-state index in [1.165, 1.54) is 6.33 Å². The minimum Gasteiger partial charge on any atom is -0.445 e. The summed E-state index contributed by atoms with van der Waals surface area (Å²) in [5, 5.41) is 24.5. The molecule has 0 aliphatic carbocycles. The van der Waals surface area contributed by atoms with E-state index >= 15 is 0 Å². The van der Waals surface area contributed by atoms with Crippen LogP contribution in [0.5, 0.6) is 0 Å². The van der Waals surface area contributed by atoms with Crippen LogP contribution in [0.3, 0.4) is 0 Å². The van der Waals surface area contributed by atoms with Gasteiger partial charge in [-0.05, 0) is 65.4 Å². The summed E-state index contributed by atoms with van der Waals surface area (Å²) >= 11 is 0. The molecule has 5 unspecified atom stereocenters. The van der Waals surface area contributed by atoms with E-state index in [0.29, 0.717) is 36.7 Å². The number of aliphatic hydroxyl groups excluding tert-OH is 1. The van der Waals surface area contributed by atoms with Crippen molar-refractivity contribution in [3.8, 4) is 0 Å². The molecule has 3 heterocycles. The molecule has 4 rings (SSSR count). The first-order chi connectivity index (χ1) is 28.0. The highest BCUT2D eigenvalue weighted by molar-refractivity contribution is 7.33. The number of benzene rings is 1. The van der Waals surface area contributed by atoms with Crippen molar-refractivity contribution in [2.45, 2.75) is 143 Å². The summed E-state index contributed by atoms with van der Waals surface area (Å²) in [7, 11) is 0.0130. The average molecular weight is 853 g/mol. The summed E-state index contributed by atoms with van der Waals surface area (Å²) in [6, 6.07) is 9.59. The third-order valence-corrected chi connectivity index (χ3v) is 8.70. The van der Waals surface area contributed by atoms with Crippen LogP contribution in [0.1, 0.15) is 113 Å². The molecule has 2 aromatic heterocycles. The fourth-order valence-electron chi connectivity index (χ4n) is 5.46. The number of anilines is 1. The zero-order valence-corrected chi connectivity index (χ0v) is 37.2. The van der Waals surface area contributed by atoms with E-state index in [4.69, 9.17) is 39.1 Å². The van der Waals surface area contributed by atoms with Gasteiger partial charge in [-0.25, -0.2) is 24.5 Å². The van der Waals surface area contributed by atoms with Crippen LogP contribution in [0.15, 0.2) is 43.0 Å². The minimum atomic E-state index is -1.37. The number of amides is 3. The number of alkyl carbamates (subject to hydrolysis) is 2. The normalized spacial score (nSPS) is 16.8. The first kappa shape index (κ1) is 52.8. The van der Waals surface area contributed by atoms with E-state index in [2.05, 4.69) is 45.2 Å². The van der Waals surface area contributed by atoms with E-state index in [9.17, 15) is 14.7 Å². The van der Waals surface area contributed by atoms with Crippen molar-refractivity contribution in [2.75, 3.05) is 25.5 Å². The van der Waals surface area contributed by atoms with Gasteiger partial charge in [0.15, 0.2) is 23.5 Å². The molecule has 5 atom stereocenters. The standard InChI is InChI=1S/C23H39N6O6P.C14H21NO3.C2H6.CH3NO/c1-13(2)8-16(28-21(30)35-22(3,4)5)36-32-10-14-9-15(34-23(6,7)31)20(33-14)29-12-27-17-18(24)25-11-26-19(17)29;16-11-7-2-1-6-10-15-14(17)18-12-13-8-4-3-5-9-13;1-2;2-1-3/h11-16,20,31,36H,8-10H2,1-7H3,(H,28,30)(H2,24,25,26);3-5,8-9,16H,1-2,6-7,10-12H2,(H,15,17);1-2H3;1H,(H2,2,3). The number of nitrogens with zero attached hydrogens (tertiary/aromatic N) is 4. The number of unbranched alkanes of at least 4 members (excludes halogenated alkanes) is 3. The second kappa shape index (κ2) is 28.3. The van der Waals surface area contributed by atoms with Crippen LogP contribution in [-0.2, 0) is 34.9 Å². The molecule has 3 amide bonds. The first-order valence-corrected chi connectivity index (χ1v) is 21.0. The quantitative estimate of drug-likeness (QED) is 0.0377. The van der Waals surface area contributed by atoms with Gasteiger partial charge in [0.25, 0.3) is 0 Å². The molecule has 0 radical (unpaired) electrons. The van der Waals surface area contributed by atoms with Gasteiger partial charge in [0, 0.05) is 28.4 Å². The Morgan fingerprint density at radius 3 is 2.32 bits per heavy atom. The number of aliphatic hydroxyl groups is 2. The van der Waals surface area contributed by atoms with E-state index in [0.717, 1.165) is 37.7 Å². The van der Waals surface area contributed by atoms with Gasteiger partial charge >= 0.3 is 12.2 Å². The first-order valence-electron chi connectivity index (χ1n) is 20.0. The minimum absolute atomic E-state index is 0.0130. The summed E-state index contributed by atoms with van der Waals surface area (Å²) in [5.41, 5.74) is 11.5. The fourth-order valence-corrected chi connectivity index (χ4v) is 6.68. The average Bonchev–Trinajstić information content (AvgIpc) is 3.76. The van der Waals surface area contributed by atoms with Crippen molar-refractivity contribution in [1.29, 1.82) is 0 Å². The molecule has 1 saturated heterocycles. The lowest BCUT2D eigenvalue weighted by atomic mass is 10.1. The maximum absolute atomic E-state index is 12.3. The van der Waals surface area contributed by atoms with Crippen LogP contribution >= 0.6 is 8.81 Å². The fraction of sp³-hybridized carbons (Fsp3) is 0.650. The predicted octanol–water partition coefficient (Wildman–Crippen LogP) is 5.91. The van der Waals surface area contributed by atoms with Crippen molar-refractivity contribution in [3.05, 3.63) is 48.5 Å². The van der Waals surface area contributed by atoms with Gasteiger partial charge in [-0.15, -0.1) is 0 Å². The third-order valence-electron chi connectivity index (χ3n) is 7.71. The molecule has 0 spiro atoms. The number of nitrogen functional groups attached to an aromatic ring is 1. The lowest BCUT2D eigenvalue weighted by molar-refractivity contribution is -0.222. The molecule has 3 aromatic rings. The van der Waals surface area contributed by atoms with Crippen molar-refractivity contribution < 1.29 is 48.1 Å². The smallest absolute Gasteiger partial charge is 0.408 e. The molecule has 8 N–H and O–H groups in total. The third kappa shape index (κ3) is 22.7. The van der Waals surface area contributed by atoms with Crippen LogP contribution < -0.4 is 22.1 Å². The maximum atomic E-state index is 12.3. The SMILES string of the molecule is CC.CC(C)CC(NC(=O)OC(C)(C)C)POCC1CC(OC(C)(C)O)C(n2cnc3c(N)ncnc32)O1.NC=O.O=C(NCCCCCCO)OCc1ccccc1. The number of carbonyl (C=O) groups is 3. The Bertz CT molecular complexity index is 1610. The largest absolute Gasteiger partial charge is 0.445 e. The monoisotopic (exact) mass is 852 g/mol. The van der Waals surface area contributed by atoms with Gasteiger partial charge in [0.05, 0.1) is 24.8 Å². The Hall–Kier alpha value is -4.19. The van der Waals surface area contributed by atoms with E-state index in [1.54, 1.807) is 24.7 Å². The van der Waals surface area contributed by atoms with Gasteiger partial charge in [0.2, 0.25) is 6.41 Å². The highest BCUT2D eigenvalue weighted by atomic mass is 31.1. The summed E-state index contributed by atoms with van der Waals surface area (Å²) in [5.74, 6) is -0.917. The molecular formula is C40H69N8O10P. The van der Waals surface area contributed by atoms with Gasteiger partial charge in [-0.1, -0.05) is 70.9 Å². The number of hydrogen-bond acceptors (Lipinski definition) is 14. The van der Waals surface area contributed by atoms with E-state index in [-0.39, 0.29) is 52.2 Å². The summed E-state index contributed by atoms with van der Waals surface area (Å²) in [6.45, 7) is 18.2. The number of nitrogens with two attached hydrogens (primary N) is 2. The number of imidazole rings is 1. The van der Waals surface area contributed by atoms with Crippen LogP contribution in [0.25, 0.3) is 11.2 Å². The molecule has 19 heteroatoms. The summed E-state index contributed by atoms with van der Waals surface area (Å²) < 4.78 is 30.4. The summed E-state index contributed by atoms with van der Waals surface area (Å²) in [6.07, 6.45) is 5.95. The zero-order chi connectivity index (χ0) is 44.4. The molecule has 1 aromatic carbocycles. The highest BCUT2D eigenvalue weighted by Gasteiger charge is 2.41. The molecular weight excluding hydrogens is 783 g/mol. The molecule has 0 saturated carbocycles. The van der Waals surface area contributed by atoms with Crippen molar-refractivity contribution >= 4 is 44.4 Å². The predicted molar refractivity (Wildman–Crippen MR) is 228 cm³/mol. The second-order valence-electron chi connectivity index (χ2n) is 15.1. The van der Waals surface area contributed by atoms with Crippen LogP contribution in [0, 0.1) is 5.92 Å². The number of hydrogen-bond donors (Lipinski definition) is 6. The van der Waals surface area contributed by atoms with Crippen LogP contribution in [0.4, 0.5) is 15.4 Å². The van der Waals surface area contributed by atoms with Crippen LogP contribution in [-0.4, -0.2) is 97.5 Å². The maximum Gasteiger partial charge on any atom is 0.408 e. The number of nitrogens with one attached hydrogen (secondary N) is 2. The molecule has 1 aliphatic rings. The number of rotatable bonds is 18. The van der Waals surface area contributed by atoms with E-state index < -0.39 is 29.8 Å². The molecule has 1 aliphatic heterocycles. The molecule has 0 bridgehead atoms. The topological polar surface area (TPSA) is 258 Å². The number of ether oxygens (including phenoxy) is 4. The number of primary amides is 1. The molecule has 59 heavy (non-hydrogen) atoms. The van der Waals surface area contributed by atoms with Crippen molar-refractivity contribution in [1.82, 2.24) is 30.2 Å². The molecule has 18 nitrogen and oxygen atoms in total. The van der Waals surface area contributed by atoms with Gasteiger partial charge < -0.3 is 55.8 Å².